The Morgan fingerprint density at radius 2 is 2.14 bits per heavy atom. The molecule has 1 aromatic heterocycles. The fourth-order valence-electron chi connectivity index (χ4n) is 4.86. The van der Waals surface area contributed by atoms with Crippen molar-refractivity contribution in [1.82, 2.24) is 19.6 Å². The summed E-state index contributed by atoms with van der Waals surface area (Å²) >= 11 is 6.56. The number of hydrogen-bond acceptors (Lipinski definition) is 3. The van der Waals surface area contributed by atoms with Crippen LogP contribution in [0.25, 0.3) is 0 Å². The first kappa shape index (κ1) is 20.0. The Morgan fingerprint density at radius 1 is 1.38 bits per heavy atom. The second-order valence-electron chi connectivity index (χ2n) is 8.24. The molecule has 2 atom stereocenters. The first-order valence-electron chi connectivity index (χ1n) is 10.2. The van der Waals surface area contributed by atoms with Gasteiger partial charge in [-0.25, -0.2) is 0 Å². The monoisotopic (exact) mass is 414 g/mol. The van der Waals surface area contributed by atoms with Crippen LogP contribution in [0.15, 0.2) is 30.5 Å². The lowest BCUT2D eigenvalue weighted by atomic mass is 9.76. The van der Waals surface area contributed by atoms with Crippen molar-refractivity contribution in [1.29, 1.82) is 0 Å². The highest BCUT2D eigenvalue weighted by atomic mass is 35.5. The van der Waals surface area contributed by atoms with Gasteiger partial charge < -0.3 is 9.80 Å². The van der Waals surface area contributed by atoms with Crippen molar-refractivity contribution in [3.05, 3.63) is 52.3 Å². The topological polar surface area (TPSA) is 58.4 Å². The number of hydrogen-bond donors (Lipinski definition) is 0. The minimum absolute atomic E-state index is 0.0106. The van der Waals surface area contributed by atoms with Gasteiger partial charge in [-0.1, -0.05) is 29.8 Å². The Bertz CT molecular complexity index is 956. The molecule has 0 aliphatic carbocycles. The van der Waals surface area contributed by atoms with Crippen LogP contribution in [-0.4, -0.2) is 51.0 Å². The van der Waals surface area contributed by atoms with Gasteiger partial charge in [0.15, 0.2) is 0 Å². The number of aryl methyl sites for hydroxylation is 2. The Labute approximate surface area is 176 Å². The van der Waals surface area contributed by atoms with Crippen molar-refractivity contribution in [3.63, 3.8) is 0 Å². The maximum absolute atomic E-state index is 13.9. The molecule has 3 heterocycles. The predicted octanol–water partition coefficient (Wildman–Crippen LogP) is 3.16. The molecule has 6 nitrogen and oxygen atoms in total. The second kappa shape index (κ2) is 7.48. The van der Waals surface area contributed by atoms with E-state index in [9.17, 15) is 9.59 Å². The number of nitrogens with zero attached hydrogens (tertiary/aromatic N) is 4. The normalized spacial score (nSPS) is 23.5. The number of halogens is 1. The van der Waals surface area contributed by atoms with E-state index in [0.29, 0.717) is 31.0 Å². The maximum atomic E-state index is 13.9. The van der Waals surface area contributed by atoms with E-state index in [4.69, 9.17) is 11.6 Å². The van der Waals surface area contributed by atoms with Gasteiger partial charge in [-0.2, -0.15) is 5.10 Å². The maximum Gasteiger partial charge on any atom is 0.235 e. The first-order valence-corrected chi connectivity index (χ1v) is 10.6. The quantitative estimate of drug-likeness (QED) is 0.755. The first-order chi connectivity index (χ1) is 13.9. The zero-order chi connectivity index (χ0) is 20.8. The fourth-order valence-corrected chi connectivity index (χ4v) is 5.18. The van der Waals surface area contributed by atoms with Crippen LogP contribution in [0.3, 0.4) is 0 Å². The summed E-state index contributed by atoms with van der Waals surface area (Å²) in [6, 6.07) is 7.66. The molecule has 2 amide bonds. The minimum atomic E-state index is -0.803. The largest absolute Gasteiger partial charge is 0.340 e. The molecular weight excluding hydrogens is 388 g/mol. The van der Waals surface area contributed by atoms with Gasteiger partial charge in [0.05, 0.1) is 11.1 Å². The molecule has 4 rings (SSSR count). The molecule has 0 spiro atoms. The summed E-state index contributed by atoms with van der Waals surface area (Å²) in [6.45, 7) is 5.68. The van der Waals surface area contributed by atoms with Crippen LogP contribution in [0.1, 0.15) is 43.0 Å². The third-order valence-electron chi connectivity index (χ3n) is 6.40. The smallest absolute Gasteiger partial charge is 0.235 e. The molecule has 1 aromatic carbocycles. The summed E-state index contributed by atoms with van der Waals surface area (Å²) < 4.78 is 1.89. The van der Waals surface area contributed by atoms with Gasteiger partial charge in [-0.3, -0.25) is 14.3 Å². The number of amides is 2. The standard InChI is InChI=1S/C22H27ClN4O2/c1-4-26-13-16(15(2)24-26)12-25(3)21(29)22(18-7-5-6-8-19(18)23)11-17-9-10-20(28)27(17)14-22/h5-8,13,17H,4,9-12,14H2,1-3H3/t17-,22-/m0/s1. The Hall–Kier alpha value is -2.34. The Kier molecular flexibility index (Phi) is 5.15. The highest BCUT2D eigenvalue weighted by Gasteiger charge is 2.55. The Morgan fingerprint density at radius 3 is 2.79 bits per heavy atom. The van der Waals surface area contributed by atoms with Gasteiger partial charge in [0.2, 0.25) is 11.8 Å². The van der Waals surface area contributed by atoms with E-state index in [-0.39, 0.29) is 17.9 Å². The molecule has 0 N–H and O–H groups in total. The van der Waals surface area contributed by atoms with E-state index in [1.807, 2.05) is 60.9 Å². The molecule has 2 aliphatic rings. The van der Waals surface area contributed by atoms with E-state index < -0.39 is 5.41 Å². The molecule has 2 fully saturated rings. The van der Waals surface area contributed by atoms with Crippen molar-refractivity contribution in [3.8, 4) is 0 Å². The molecule has 2 aromatic rings. The number of fused-ring (bicyclic) bond motifs is 1. The summed E-state index contributed by atoms with van der Waals surface area (Å²) in [5.74, 6) is 0.149. The van der Waals surface area contributed by atoms with Crippen molar-refractivity contribution in [2.45, 2.75) is 57.7 Å². The van der Waals surface area contributed by atoms with E-state index in [1.54, 1.807) is 4.90 Å². The molecule has 2 saturated heterocycles. The van der Waals surface area contributed by atoms with Crippen LogP contribution >= 0.6 is 11.6 Å². The molecule has 154 valence electrons. The summed E-state index contributed by atoms with van der Waals surface area (Å²) in [6.07, 6.45) is 4.00. The van der Waals surface area contributed by atoms with E-state index in [0.717, 1.165) is 29.8 Å². The molecule has 0 saturated carbocycles. The van der Waals surface area contributed by atoms with Gasteiger partial charge in [0.1, 0.15) is 0 Å². The van der Waals surface area contributed by atoms with Crippen molar-refractivity contribution < 1.29 is 9.59 Å². The molecule has 29 heavy (non-hydrogen) atoms. The van der Waals surface area contributed by atoms with E-state index >= 15 is 0 Å². The SMILES string of the molecule is CCn1cc(CN(C)C(=O)[C@@]2(c3ccccc3Cl)C[C@@H]3CCC(=O)N3C2)c(C)n1. The highest BCUT2D eigenvalue weighted by molar-refractivity contribution is 6.31. The zero-order valence-electron chi connectivity index (χ0n) is 17.2. The van der Waals surface area contributed by atoms with Gasteiger partial charge in [-0.15, -0.1) is 0 Å². The molecule has 0 bridgehead atoms. The summed E-state index contributed by atoms with van der Waals surface area (Å²) in [5.41, 5.74) is 1.98. The summed E-state index contributed by atoms with van der Waals surface area (Å²) in [7, 11) is 1.83. The molecule has 7 heteroatoms. The van der Waals surface area contributed by atoms with Crippen LogP contribution in [0.5, 0.6) is 0 Å². The van der Waals surface area contributed by atoms with Gasteiger partial charge in [0.25, 0.3) is 0 Å². The van der Waals surface area contributed by atoms with Crippen LogP contribution in [0, 0.1) is 6.92 Å². The van der Waals surface area contributed by atoms with Crippen LogP contribution < -0.4 is 0 Å². The average Bonchev–Trinajstić information content (AvgIpc) is 3.36. The third-order valence-corrected chi connectivity index (χ3v) is 6.73. The third kappa shape index (κ3) is 3.33. The number of rotatable bonds is 5. The van der Waals surface area contributed by atoms with Crippen molar-refractivity contribution >= 4 is 23.4 Å². The lowest BCUT2D eigenvalue weighted by Gasteiger charge is -2.33. The van der Waals surface area contributed by atoms with Crippen molar-refractivity contribution in [2.75, 3.05) is 13.6 Å². The van der Waals surface area contributed by atoms with E-state index in [1.165, 1.54) is 0 Å². The number of benzene rings is 1. The fraction of sp³-hybridized carbons (Fsp3) is 0.500. The summed E-state index contributed by atoms with van der Waals surface area (Å²) in [4.78, 5) is 29.9. The molecule has 0 unspecified atom stereocenters. The van der Waals surface area contributed by atoms with Crippen molar-refractivity contribution in [2.24, 2.45) is 0 Å². The molecule has 0 radical (unpaired) electrons. The van der Waals surface area contributed by atoms with E-state index in [2.05, 4.69) is 5.10 Å². The number of likely N-dealkylation sites (N-methyl/N-ethyl adjacent to an activating group) is 1. The lowest BCUT2D eigenvalue weighted by molar-refractivity contribution is -0.137. The minimum Gasteiger partial charge on any atom is -0.340 e. The predicted molar refractivity (Wildman–Crippen MR) is 112 cm³/mol. The number of carbonyl (C=O) groups excluding carboxylic acids is 2. The number of carbonyl (C=O) groups is 2. The van der Waals surface area contributed by atoms with Crippen LogP contribution in [-0.2, 0) is 28.1 Å². The lowest BCUT2D eigenvalue weighted by Crippen LogP contribution is -2.47. The Balaban J connectivity index is 1.68. The van der Waals surface area contributed by atoms with Crippen LogP contribution in [0.4, 0.5) is 0 Å². The highest BCUT2D eigenvalue weighted by Crippen LogP contribution is 2.46. The molecule has 2 aliphatic heterocycles. The summed E-state index contributed by atoms with van der Waals surface area (Å²) in [5, 5.41) is 5.07. The van der Waals surface area contributed by atoms with Gasteiger partial charge >= 0.3 is 0 Å². The second-order valence-corrected chi connectivity index (χ2v) is 8.64. The molecular formula is C22H27ClN4O2. The van der Waals surface area contributed by atoms with Crippen LogP contribution in [0.2, 0.25) is 5.02 Å². The van der Waals surface area contributed by atoms with Gasteiger partial charge in [-0.05, 0) is 38.3 Å². The zero-order valence-corrected chi connectivity index (χ0v) is 17.9. The average molecular weight is 415 g/mol. The number of aromatic nitrogens is 2. The van der Waals surface area contributed by atoms with Gasteiger partial charge in [0, 0.05) is 55.9 Å².